The van der Waals surface area contributed by atoms with Crippen LogP contribution in [-0.4, -0.2) is 34.8 Å². The first-order valence-corrected chi connectivity index (χ1v) is 11.2. The normalized spacial score (nSPS) is 13.1. The van der Waals surface area contributed by atoms with Crippen LogP contribution in [0.1, 0.15) is 42.7 Å². The number of thiophene rings is 1. The lowest BCUT2D eigenvalue weighted by molar-refractivity contribution is -0.483. The Morgan fingerprint density at radius 1 is 1.00 bits per heavy atom. The molecule has 0 radical (unpaired) electrons. The van der Waals surface area contributed by atoms with E-state index in [9.17, 15) is 14.9 Å². The van der Waals surface area contributed by atoms with Crippen molar-refractivity contribution in [3.8, 4) is 0 Å². The smallest absolute Gasteiger partial charge is 0.332 e. The van der Waals surface area contributed by atoms with Gasteiger partial charge in [0.25, 0.3) is 0 Å². The quantitative estimate of drug-likeness (QED) is 0.200. The van der Waals surface area contributed by atoms with E-state index >= 15 is 0 Å². The molecule has 0 N–H and O–H groups in total. The Labute approximate surface area is 191 Å². The molecule has 6 nitrogen and oxygen atoms in total. The largest absolute Gasteiger partial charge is 0.458 e. The van der Waals surface area contributed by atoms with Gasteiger partial charge in [-0.15, -0.1) is 11.3 Å². The average Bonchev–Trinajstić information content (AvgIpc) is 3.28. The molecule has 32 heavy (non-hydrogen) atoms. The monoisotopic (exact) mass is 450 g/mol. The topological polar surface area (TPSA) is 81.8 Å². The number of nitrogens with zero attached hydrogens (tertiary/aromatic N) is 2. The Morgan fingerprint density at radius 2 is 1.56 bits per heavy atom. The summed E-state index contributed by atoms with van der Waals surface area (Å²) in [5, 5.41) is 13.4. The minimum Gasteiger partial charge on any atom is -0.458 e. The van der Waals surface area contributed by atoms with Crippen molar-refractivity contribution in [2.75, 3.05) is 6.54 Å². The summed E-state index contributed by atoms with van der Waals surface area (Å²) in [7, 11) is 0. The van der Waals surface area contributed by atoms with Crippen LogP contribution in [0.15, 0.2) is 83.2 Å². The van der Waals surface area contributed by atoms with Gasteiger partial charge in [-0.1, -0.05) is 66.7 Å². The van der Waals surface area contributed by atoms with Gasteiger partial charge in [-0.05, 0) is 32.2 Å². The molecule has 0 unspecified atom stereocenters. The summed E-state index contributed by atoms with van der Waals surface area (Å²) in [5.41, 5.74) is 1.47. The Balaban J connectivity index is 2.18. The first-order chi connectivity index (χ1) is 15.2. The number of ether oxygens (including phenoxy) is 1. The van der Waals surface area contributed by atoms with Crippen molar-refractivity contribution in [2.24, 2.45) is 4.99 Å². The van der Waals surface area contributed by atoms with Gasteiger partial charge in [0, 0.05) is 20.9 Å². The van der Waals surface area contributed by atoms with E-state index in [4.69, 9.17) is 9.73 Å². The van der Waals surface area contributed by atoms with Gasteiger partial charge in [-0.3, -0.25) is 15.1 Å². The fourth-order valence-electron chi connectivity index (χ4n) is 3.32. The first kappa shape index (κ1) is 23.3. The lowest BCUT2D eigenvalue weighted by Gasteiger charge is -2.26. The number of esters is 1. The van der Waals surface area contributed by atoms with Gasteiger partial charge in [-0.2, -0.15) is 0 Å². The van der Waals surface area contributed by atoms with E-state index in [2.05, 4.69) is 0 Å². The van der Waals surface area contributed by atoms with Crippen LogP contribution in [0, 0.1) is 10.1 Å². The van der Waals surface area contributed by atoms with Crippen LogP contribution >= 0.6 is 11.3 Å². The minimum atomic E-state index is -1.08. The second-order valence-corrected chi connectivity index (χ2v) is 9.30. The third-order valence-corrected chi connectivity index (χ3v) is 5.65. The predicted molar refractivity (Wildman–Crippen MR) is 127 cm³/mol. The molecule has 2 aromatic carbocycles. The summed E-state index contributed by atoms with van der Waals surface area (Å²) >= 11 is 1.37. The van der Waals surface area contributed by atoms with Crippen molar-refractivity contribution in [3.05, 3.63) is 104 Å². The van der Waals surface area contributed by atoms with Crippen LogP contribution in [0.3, 0.4) is 0 Å². The van der Waals surface area contributed by atoms with Crippen LogP contribution in [0.4, 0.5) is 0 Å². The van der Waals surface area contributed by atoms with Crippen LogP contribution in [0.5, 0.6) is 0 Å². The molecule has 2 atom stereocenters. The fourth-order valence-corrected chi connectivity index (χ4v) is 4.17. The number of nitro groups is 1. The Kier molecular flexibility index (Phi) is 7.53. The molecular formula is C25H26N2O4S. The summed E-state index contributed by atoms with van der Waals surface area (Å²) in [6, 6.07) is 21.6. The Bertz CT molecular complexity index is 1020. The average molecular weight is 451 g/mol. The molecule has 0 fully saturated rings. The first-order valence-electron chi connectivity index (χ1n) is 10.3. The van der Waals surface area contributed by atoms with Crippen molar-refractivity contribution < 1.29 is 14.5 Å². The molecular weight excluding hydrogens is 424 g/mol. The molecule has 0 saturated heterocycles. The number of carbonyl (C=O) groups excluding carboxylic acids is 1. The number of carbonyl (C=O) groups is 1. The summed E-state index contributed by atoms with van der Waals surface area (Å²) < 4.78 is 5.67. The molecule has 0 aliphatic heterocycles. The zero-order valence-electron chi connectivity index (χ0n) is 18.3. The van der Waals surface area contributed by atoms with Crippen LogP contribution < -0.4 is 0 Å². The molecule has 1 heterocycles. The molecule has 0 spiro atoms. The predicted octanol–water partition coefficient (Wildman–Crippen LogP) is 5.36. The number of rotatable bonds is 8. The van der Waals surface area contributed by atoms with Gasteiger partial charge in [0.1, 0.15) is 5.60 Å². The van der Waals surface area contributed by atoms with Gasteiger partial charge >= 0.3 is 5.97 Å². The van der Waals surface area contributed by atoms with E-state index in [1.807, 2.05) is 72.1 Å². The molecule has 7 heteroatoms. The molecule has 0 aliphatic rings. The van der Waals surface area contributed by atoms with E-state index in [0.29, 0.717) is 5.71 Å². The van der Waals surface area contributed by atoms with Crippen molar-refractivity contribution in [1.82, 2.24) is 0 Å². The zero-order valence-corrected chi connectivity index (χ0v) is 19.1. The standard InChI is InChI=1S/C25H26N2O4S/c1-25(2,3)31-24(28)23(20(17-27(29)30)21-15-10-16-32-21)26-22(18-11-6-4-7-12-18)19-13-8-5-9-14-19/h4-16,20,23H,17H2,1-3H3/t20-,23+/m0/s1. The molecule has 0 saturated carbocycles. The van der Waals surface area contributed by atoms with Gasteiger partial charge in [0.15, 0.2) is 6.04 Å². The zero-order chi connectivity index (χ0) is 23.1. The van der Waals surface area contributed by atoms with Gasteiger partial charge in [0.2, 0.25) is 6.54 Å². The summed E-state index contributed by atoms with van der Waals surface area (Å²) in [4.78, 5) is 30.1. The van der Waals surface area contributed by atoms with E-state index in [1.54, 1.807) is 26.8 Å². The second-order valence-electron chi connectivity index (χ2n) is 8.33. The fraction of sp³-hybridized carbons (Fsp3) is 0.280. The van der Waals surface area contributed by atoms with Crippen molar-refractivity contribution in [1.29, 1.82) is 0 Å². The van der Waals surface area contributed by atoms with Crippen molar-refractivity contribution in [2.45, 2.75) is 38.3 Å². The summed E-state index contributed by atoms with van der Waals surface area (Å²) in [6.45, 7) is 4.89. The second kappa shape index (κ2) is 10.3. The minimum absolute atomic E-state index is 0.401. The third kappa shape index (κ3) is 6.34. The number of hydrogen-bond donors (Lipinski definition) is 0. The van der Waals surface area contributed by atoms with Crippen LogP contribution in [-0.2, 0) is 9.53 Å². The molecule has 0 bridgehead atoms. The molecule has 166 valence electrons. The number of hydrogen-bond acceptors (Lipinski definition) is 6. The molecule has 3 rings (SSSR count). The van der Waals surface area contributed by atoms with Crippen molar-refractivity contribution in [3.63, 3.8) is 0 Å². The maximum absolute atomic E-state index is 13.3. The van der Waals surface area contributed by atoms with E-state index in [0.717, 1.165) is 16.0 Å². The Morgan fingerprint density at radius 3 is 2.00 bits per heavy atom. The van der Waals surface area contributed by atoms with Crippen LogP contribution in [0.2, 0.25) is 0 Å². The third-order valence-electron chi connectivity index (χ3n) is 4.65. The maximum Gasteiger partial charge on any atom is 0.332 e. The Hall–Kier alpha value is -3.32. The number of aliphatic imine (C=N–C) groups is 1. The van der Waals surface area contributed by atoms with Crippen LogP contribution in [0.25, 0.3) is 0 Å². The highest BCUT2D eigenvalue weighted by atomic mass is 32.1. The van der Waals surface area contributed by atoms with Gasteiger partial charge < -0.3 is 4.74 Å². The van der Waals surface area contributed by atoms with Crippen molar-refractivity contribution >= 4 is 23.0 Å². The van der Waals surface area contributed by atoms with E-state index in [-0.39, 0.29) is 0 Å². The maximum atomic E-state index is 13.3. The highest BCUT2D eigenvalue weighted by Crippen LogP contribution is 2.30. The SMILES string of the molecule is CC(C)(C)OC(=O)[C@H](N=C(c1ccccc1)c1ccccc1)[C@@H](C[N+](=O)[O-])c1cccs1. The lowest BCUT2D eigenvalue weighted by atomic mass is 9.96. The molecule has 0 aliphatic carbocycles. The van der Waals surface area contributed by atoms with Gasteiger partial charge in [-0.25, -0.2) is 4.79 Å². The highest BCUT2D eigenvalue weighted by Gasteiger charge is 2.37. The highest BCUT2D eigenvalue weighted by molar-refractivity contribution is 7.10. The summed E-state index contributed by atoms with van der Waals surface area (Å²) in [5.74, 6) is -1.33. The molecule has 3 aromatic rings. The lowest BCUT2D eigenvalue weighted by Crippen LogP contribution is -2.37. The van der Waals surface area contributed by atoms with Gasteiger partial charge in [0.05, 0.1) is 11.6 Å². The molecule has 1 aromatic heterocycles. The van der Waals surface area contributed by atoms with E-state index < -0.39 is 35.0 Å². The van der Waals surface area contributed by atoms with E-state index in [1.165, 1.54) is 11.3 Å². The summed E-state index contributed by atoms with van der Waals surface area (Å²) in [6.07, 6.45) is 0. The molecule has 0 amide bonds. The number of benzene rings is 2.